The molecule has 0 bridgehead atoms. The van der Waals surface area contributed by atoms with Gasteiger partial charge in [-0.25, -0.2) is 8.42 Å². The van der Waals surface area contributed by atoms with Crippen molar-refractivity contribution in [1.82, 2.24) is 4.72 Å². The first kappa shape index (κ1) is 21.2. The van der Waals surface area contributed by atoms with E-state index in [1.807, 2.05) is 0 Å². The summed E-state index contributed by atoms with van der Waals surface area (Å²) in [6, 6.07) is 10.7. The van der Waals surface area contributed by atoms with Crippen LogP contribution in [0, 0.1) is 0 Å². The maximum Gasteiger partial charge on any atom is 0.324 e. The number of hydrogen-bond acceptors (Lipinski definition) is 5. The highest BCUT2D eigenvalue weighted by molar-refractivity contribution is 7.89. The first-order valence-electron chi connectivity index (χ1n) is 7.67. The maximum atomic E-state index is 12.2. The van der Waals surface area contributed by atoms with Gasteiger partial charge in [0.2, 0.25) is 10.0 Å². The Labute approximate surface area is 166 Å². The third kappa shape index (κ3) is 6.51. The van der Waals surface area contributed by atoms with E-state index in [1.165, 1.54) is 37.3 Å². The molecule has 10 heteroatoms. The van der Waals surface area contributed by atoms with Gasteiger partial charge in [-0.2, -0.15) is 4.72 Å². The fourth-order valence-electron chi connectivity index (χ4n) is 1.99. The Morgan fingerprint density at radius 3 is 2.37 bits per heavy atom. The van der Waals surface area contributed by atoms with Gasteiger partial charge in [-0.3, -0.25) is 9.59 Å². The molecule has 0 fully saturated rings. The molecule has 1 amide bonds. The Morgan fingerprint density at radius 1 is 1.07 bits per heavy atom. The SMILES string of the molecule is C[C@H](NS(=O)(=O)c1ccc(Cl)cc1)C(=O)OCC(=O)Nc1cccc(Cl)c1. The van der Waals surface area contributed by atoms with Gasteiger partial charge in [0.25, 0.3) is 5.91 Å². The van der Waals surface area contributed by atoms with Crippen LogP contribution < -0.4 is 10.0 Å². The van der Waals surface area contributed by atoms with Gasteiger partial charge in [-0.05, 0) is 49.4 Å². The molecule has 0 heterocycles. The second-order valence-electron chi connectivity index (χ2n) is 5.46. The Balaban J connectivity index is 1.87. The predicted octanol–water partition coefficient (Wildman–Crippen LogP) is 2.84. The first-order valence-corrected chi connectivity index (χ1v) is 9.91. The summed E-state index contributed by atoms with van der Waals surface area (Å²) in [6.45, 7) is 0.739. The number of anilines is 1. The quantitative estimate of drug-likeness (QED) is 0.657. The number of esters is 1. The van der Waals surface area contributed by atoms with E-state index in [4.69, 9.17) is 27.9 Å². The first-order chi connectivity index (χ1) is 12.7. The lowest BCUT2D eigenvalue weighted by Crippen LogP contribution is -2.40. The molecule has 0 saturated heterocycles. The van der Waals surface area contributed by atoms with Crippen molar-refractivity contribution in [3.8, 4) is 0 Å². The van der Waals surface area contributed by atoms with Gasteiger partial charge in [-0.1, -0.05) is 29.3 Å². The standard InChI is InChI=1S/C17H16Cl2N2O5S/c1-11(21-27(24,25)15-7-5-12(18)6-8-15)17(23)26-10-16(22)20-14-4-2-3-13(19)9-14/h2-9,11,21H,10H2,1H3,(H,20,22)/t11-/m0/s1. The maximum absolute atomic E-state index is 12.2. The zero-order valence-electron chi connectivity index (χ0n) is 14.1. The molecule has 0 spiro atoms. The van der Waals surface area contributed by atoms with Gasteiger partial charge in [0.05, 0.1) is 4.90 Å². The lowest BCUT2D eigenvalue weighted by Gasteiger charge is -2.14. The van der Waals surface area contributed by atoms with Crippen LogP contribution >= 0.6 is 23.2 Å². The number of amides is 1. The molecule has 0 aliphatic rings. The average Bonchev–Trinajstić information content (AvgIpc) is 2.59. The number of carbonyl (C=O) groups is 2. The van der Waals surface area contributed by atoms with E-state index in [0.717, 1.165) is 0 Å². The molecule has 2 N–H and O–H groups in total. The molecule has 2 aromatic rings. The Bertz CT molecular complexity index is 933. The van der Waals surface area contributed by atoms with Gasteiger partial charge < -0.3 is 10.1 Å². The molecule has 1 atom stereocenters. The summed E-state index contributed by atoms with van der Waals surface area (Å²) in [5.74, 6) is -1.48. The topological polar surface area (TPSA) is 102 Å². The van der Waals surface area contributed by atoms with Crippen molar-refractivity contribution in [2.24, 2.45) is 0 Å². The average molecular weight is 431 g/mol. The van der Waals surface area contributed by atoms with Crippen LogP contribution in [0.2, 0.25) is 10.0 Å². The molecule has 144 valence electrons. The third-order valence-corrected chi connectivity index (χ3v) is 5.31. The molecule has 0 saturated carbocycles. The van der Waals surface area contributed by atoms with E-state index >= 15 is 0 Å². The Kier molecular flexibility index (Phi) is 7.20. The highest BCUT2D eigenvalue weighted by Gasteiger charge is 2.23. The summed E-state index contributed by atoms with van der Waals surface area (Å²) >= 11 is 11.5. The van der Waals surface area contributed by atoms with E-state index in [2.05, 4.69) is 10.0 Å². The zero-order valence-corrected chi connectivity index (χ0v) is 16.4. The van der Waals surface area contributed by atoms with Gasteiger partial charge in [0, 0.05) is 15.7 Å². The molecule has 0 radical (unpaired) electrons. The van der Waals surface area contributed by atoms with Crippen LogP contribution in [0.15, 0.2) is 53.4 Å². The number of benzene rings is 2. The van der Waals surface area contributed by atoms with Crippen LogP contribution in [0.25, 0.3) is 0 Å². The van der Waals surface area contributed by atoms with Crippen LogP contribution in [0.3, 0.4) is 0 Å². The largest absolute Gasteiger partial charge is 0.454 e. The third-order valence-electron chi connectivity index (χ3n) is 3.26. The molecule has 27 heavy (non-hydrogen) atoms. The van der Waals surface area contributed by atoms with Crippen LogP contribution in [0.5, 0.6) is 0 Å². The number of sulfonamides is 1. The number of carbonyl (C=O) groups excluding carboxylic acids is 2. The van der Waals surface area contributed by atoms with Gasteiger partial charge in [0.15, 0.2) is 6.61 Å². The fourth-order valence-corrected chi connectivity index (χ4v) is 3.50. The Morgan fingerprint density at radius 2 is 1.74 bits per heavy atom. The molecular formula is C17H16Cl2N2O5S. The molecule has 2 rings (SSSR count). The summed E-state index contributed by atoms with van der Waals surface area (Å²) in [5, 5.41) is 3.33. The second-order valence-corrected chi connectivity index (χ2v) is 8.05. The van der Waals surface area contributed by atoms with Crippen LogP contribution in [-0.2, 0) is 24.3 Å². The molecule has 0 aliphatic heterocycles. The van der Waals surface area contributed by atoms with Gasteiger partial charge in [0.1, 0.15) is 6.04 Å². The molecule has 0 aromatic heterocycles. The highest BCUT2D eigenvalue weighted by Crippen LogP contribution is 2.15. The minimum Gasteiger partial charge on any atom is -0.454 e. The van der Waals surface area contributed by atoms with E-state index < -0.39 is 34.5 Å². The number of halogens is 2. The summed E-state index contributed by atoms with van der Waals surface area (Å²) in [4.78, 5) is 23.7. The Hall–Kier alpha value is -2.13. The smallest absolute Gasteiger partial charge is 0.324 e. The number of hydrogen-bond donors (Lipinski definition) is 2. The van der Waals surface area contributed by atoms with Crippen molar-refractivity contribution in [2.75, 3.05) is 11.9 Å². The van der Waals surface area contributed by atoms with Gasteiger partial charge >= 0.3 is 5.97 Å². The number of rotatable bonds is 7. The van der Waals surface area contributed by atoms with E-state index in [0.29, 0.717) is 15.7 Å². The summed E-state index contributed by atoms with van der Waals surface area (Å²) < 4.78 is 31.4. The van der Waals surface area contributed by atoms with E-state index in [9.17, 15) is 18.0 Å². The van der Waals surface area contributed by atoms with Crippen molar-refractivity contribution in [1.29, 1.82) is 0 Å². The van der Waals surface area contributed by atoms with Crippen molar-refractivity contribution in [3.05, 3.63) is 58.6 Å². The van der Waals surface area contributed by atoms with E-state index in [-0.39, 0.29) is 4.90 Å². The normalized spacial score (nSPS) is 12.3. The van der Waals surface area contributed by atoms with E-state index in [1.54, 1.807) is 18.2 Å². The van der Waals surface area contributed by atoms with Crippen molar-refractivity contribution in [3.63, 3.8) is 0 Å². The molecular weight excluding hydrogens is 415 g/mol. The lowest BCUT2D eigenvalue weighted by molar-refractivity contribution is -0.148. The minimum atomic E-state index is -3.94. The van der Waals surface area contributed by atoms with Crippen molar-refractivity contribution in [2.45, 2.75) is 17.9 Å². The highest BCUT2D eigenvalue weighted by atomic mass is 35.5. The summed E-state index contributed by atoms with van der Waals surface area (Å²) in [6.07, 6.45) is 0. The zero-order chi connectivity index (χ0) is 20.0. The monoisotopic (exact) mass is 430 g/mol. The summed E-state index contributed by atoms with van der Waals surface area (Å²) in [5.41, 5.74) is 0.444. The molecule has 0 aliphatic carbocycles. The van der Waals surface area contributed by atoms with Crippen molar-refractivity contribution < 1.29 is 22.7 Å². The van der Waals surface area contributed by atoms with Crippen LogP contribution in [0.1, 0.15) is 6.92 Å². The number of ether oxygens (including phenoxy) is 1. The fraction of sp³-hybridized carbons (Fsp3) is 0.176. The molecule has 2 aromatic carbocycles. The lowest BCUT2D eigenvalue weighted by atomic mass is 10.3. The van der Waals surface area contributed by atoms with Crippen molar-refractivity contribution >= 4 is 50.8 Å². The summed E-state index contributed by atoms with van der Waals surface area (Å²) in [7, 11) is -3.94. The van der Waals surface area contributed by atoms with Crippen LogP contribution in [0.4, 0.5) is 5.69 Å². The van der Waals surface area contributed by atoms with Crippen LogP contribution in [-0.4, -0.2) is 32.9 Å². The van der Waals surface area contributed by atoms with Gasteiger partial charge in [-0.15, -0.1) is 0 Å². The molecule has 0 unspecified atom stereocenters. The second kappa shape index (κ2) is 9.18. The molecule has 7 nitrogen and oxygen atoms in total. The number of nitrogens with one attached hydrogen (secondary N) is 2. The minimum absolute atomic E-state index is 0.0507. The predicted molar refractivity (Wildman–Crippen MR) is 102 cm³/mol.